The number of urea groups is 1. The molecule has 2 atom stereocenters. The van der Waals surface area contributed by atoms with Crippen molar-refractivity contribution in [3.05, 3.63) is 64.9 Å². The number of methoxy groups -OCH3 is 2. The second kappa shape index (κ2) is 11.6. The summed E-state index contributed by atoms with van der Waals surface area (Å²) in [5.74, 6) is 0.490. The van der Waals surface area contributed by atoms with Crippen molar-refractivity contribution < 1.29 is 23.8 Å². The lowest BCUT2D eigenvalue weighted by atomic mass is 9.93. The third-order valence-electron chi connectivity index (χ3n) is 6.82. The molecule has 198 valence electrons. The maximum atomic E-state index is 13.3. The smallest absolute Gasteiger partial charge is 0.338 e. The Bertz CT molecular complexity index is 1180. The first-order valence-corrected chi connectivity index (χ1v) is 12.6. The van der Waals surface area contributed by atoms with Gasteiger partial charge in [0.1, 0.15) is 0 Å². The first kappa shape index (κ1) is 26.3. The molecule has 0 saturated carbocycles. The van der Waals surface area contributed by atoms with Crippen LogP contribution < -0.4 is 25.0 Å². The van der Waals surface area contributed by atoms with E-state index in [9.17, 15) is 9.59 Å². The molecule has 1 saturated heterocycles. The van der Waals surface area contributed by atoms with Crippen molar-refractivity contribution in [1.29, 1.82) is 0 Å². The predicted octanol–water partition coefficient (Wildman–Crippen LogP) is 3.39. The van der Waals surface area contributed by atoms with Gasteiger partial charge >= 0.3 is 12.0 Å². The second-order valence-electron chi connectivity index (χ2n) is 9.34. The number of benzene rings is 2. The summed E-state index contributed by atoms with van der Waals surface area (Å²) >= 11 is 0. The fourth-order valence-corrected chi connectivity index (χ4v) is 5.16. The molecular weight excluding hydrogens is 472 g/mol. The Hall–Kier alpha value is -3.72. The topological polar surface area (TPSA) is 92.4 Å². The normalized spacial score (nSPS) is 20.2. The van der Waals surface area contributed by atoms with Crippen LogP contribution in [0.25, 0.3) is 0 Å². The van der Waals surface area contributed by atoms with Gasteiger partial charge in [0.25, 0.3) is 0 Å². The number of nitrogens with zero attached hydrogens (tertiary/aromatic N) is 2. The van der Waals surface area contributed by atoms with E-state index in [0.717, 1.165) is 19.6 Å². The lowest BCUT2D eigenvalue weighted by Gasteiger charge is -2.42. The minimum absolute atomic E-state index is 0.220. The molecule has 0 spiro atoms. The van der Waals surface area contributed by atoms with Crippen molar-refractivity contribution in [2.24, 2.45) is 0 Å². The van der Waals surface area contributed by atoms with Crippen LogP contribution in [-0.4, -0.2) is 69.9 Å². The number of hydrogen-bond donors (Lipinski definition) is 2. The first-order chi connectivity index (χ1) is 17.9. The van der Waals surface area contributed by atoms with Gasteiger partial charge < -0.3 is 29.7 Å². The van der Waals surface area contributed by atoms with E-state index in [1.807, 2.05) is 6.07 Å². The van der Waals surface area contributed by atoms with E-state index < -0.39 is 12.0 Å². The van der Waals surface area contributed by atoms with Crippen LogP contribution >= 0.6 is 0 Å². The van der Waals surface area contributed by atoms with Crippen LogP contribution in [0.1, 0.15) is 31.0 Å². The summed E-state index contributed by atoms with van der Waals surface area (Å²) in [4.78, 5) is 30.7. The number of rotatable bonds is 8. The number of ether oxygens (including phenoxy) is 3. The molecule has 2 aromatic carbocycles. The first-order valence-electron chi connectivity index (χ1n) is 12.6. The fraction of sp³-hybridized carbons (Fsp3) is 0.429. The van der Waals surface area contributed by atoms with E-state index in [0.29, 0.717) is 34.9 Å². The summed E-state index contributed by atoms with van der Waals surface area (Å²) in [6, 6.07) is 13.0. The van der Waals surface area contributed by atoms with E-state index in [1.165, 1.54) is 18.4 Å². The fourth-order valence-electron chi connectivity index (χ4n) is 5.16. The highest BCUT2D eigenvalue weighted by molar-refractivity contribution is 5.95. The third kappa shape index (κ3) is 5.67. The van der Waals surface area contributed by atoms with Gasteiger partial charge in [-0.25, -0.2) is 9.59 Å². The van der Waals surface area contributed by atoms with E-state index in [-0.39, 0.29) is 18.7 Å². The zero-order valence-corrected chi connectivity index (χ0v) is 22.2. The van der Waals surface area contributed by atoms with Crippen molar-refractivity contribution in [3.8, 4) is 11.5 Å². The molecule has 2 amide bonds. The Labute approximate surface area is 218 Å². The lowest BCUT2D eigenvalue weighted by molar-refractivity contribution is -0.139. The van der Waals surface area contributed by atoms with Gasteiger partial charge in [-0.1, -0.05) is 24.3 Å². The molecule has 2 heterocycles. The molecule has 2 N–H and O–H groups in total. The Morgan fingerprint density at radius 1 is 1.11 bits per heavy atom. The third-order valence-corrected chi connectivity index (χ3v) is 6.82. The summed E-state index contributed by atoms with van der Waals surface area (Å²) in [6.07, 6.45) is 0. The van der Waals surface area contributed by atoms with Gasteiger partial charge in [0.2, 0.25) is 0 Å². The molecule has 2 aliphatic rings. The molecule has 0 unspecified atom stereocenters. The number of carbonyl (C=O) groups excluding carboxylic acids is 2. The summed E-state index contributed by atoms with van der Waals surface area (Å²) in [5, 5.41) is 5.77. The Kier molecular flexibility index (Phi) is 8.23. The monoisotopic (exact) mass is 508 g/mol. The van der Waals surface area contributed by atoms with Crippen molar-refractivity contribution in [2.75, 3.05) is 51.9 Å². The number of carbonyl (C=O) groups is 2. The Balaban J connectivity index is 1.65. The van der Waals surface area contributed by atoms with E-state index >= 15 is 0 Å². The number of piperazine rings is 1. The molecule has 2 aromatic rings. The van der Waals surface area contributed by atoms with Crippen LogP contribution in [0, 0.1) is 6.92 Å². The number of anilines is 1. The van der Waals surface area contributed by atoms with Crippen LogP contribution in [0.3, 0.4) is 0 Å². The summed E-state index contributed by atoms with van der Waals surface area (Å²) in [6.45, 7) is 9.10. The Morgan fingerprint density at radius 2 is 1.89 bits per heavy atom. The van der Waals surface area contributed by atoms with E-state index in [2.05, 4.69) is 58.5 Å². The van der Waals surface area contributed by atoms with Gasteiger partial charge in [-0.2, -0.15) is 0 Å². The number of para-hydroxylation sites is 1. The highest BCUT2D eigenvalue weighted by Gasteiger charge is 2.37. The molecule has 0 radical (unpaired) electrons. The number of esters is 1. The predicted molar refractivity (Wildman–Crippen MR) is 142 cm³/mol. The van der Waals surface area contributed by atoms with Crippen molar-refractivity contribution in [2.45, 2.75) is 32.9 Å². The molecule has 0 aliphatic carbocycles. The average Bonchev–Trinajstić information content (AvgIpc) is 2.88. The van der Waals surface area contributed by atoms with E-state index in [1.54, 1.807) is 26.2 Å². The largest absolute Gasteiger partial charge is 0.493 e. The molecule has 0 bridgehead atoms. The second-order valence-corrected chi connectivity index (χ2v) is 9.34. The number of amides is 2. The minimum atomic E-state index is -0.751. The van der Waals surface area contributed by atoms with Gasteiger partial charge in [0.15, 0.2) is 11.5 Å². The summed E-state index contributed by atoms with van der Waals surface area (Å²) in [7, 11) is 3.09. The van der Waals surface area contributed by atoms with Crippen LogP contribution in [0.15, 0.2) is 53.7 Å². The van der Waals surface area contributed by atoms with E-state index in [4.69, 9.17) is 14.2 Å². The van der Waals surface area contributed by atoms with Crippen molar-refractivity contribution in [3.63, 3.8) is 0 Å². The highest BCUT2D eigenvalue weighted by Crippen LogP contribution is 2.39. The number of hydrogen-bond acceptors (Lipinski definition) is 7. The van der Waals surface area contributed by atoms with Gasteiger partial charge in [-0.05, 0) is 44.5 Å². The van der Waals surface area contributed by atoms with Gasteiger partial charge in [-0.3, -0.25) is 4.90 Å². The standard InChI is InChI=1S/C28H36N4O5/c1-6-37-27(33)24-22(17-31-13-14-32(19(3)16-31)20-10-7-9-18(2)15-20)29-28(34)30-25(24)21-11-8-12-23(35-4)26(21)36-5/h7-12,15,19,25H,6,13-14,16-17H2,1-5H3,(H2,29,30,34)/t19-,25-/m1/s1. The lowest BCUT2D eigenvalue weighted by Crippen LogP contribution is -2.54. The highest BCUT2D eigenvalue weighted by atomic mass is 16.5. The molecule has 9 nitrogen and oxygen atoms in total. The molecular formula is C28H36N4O5. The van der Waals surface area contributed by atoms with Crippen LogP contribution in [0.4, 0.5) is 10.5 Å². The molecule has 37 heavy (non-hydrogen) atoms. The van der Waals surface area contributed by atoms with Crippen LogP contribution in [-0.2, 0) is 9.53 Å². The summed E-state index contributed by atoms with van der Waals surface area (Å²) in [5.41, 5.74) is 3.96. The molecule has 0 aromatic heterocycles. The van der Waals surface area contributed by atoms with Crippen molar-refractivity contribution in [1.82, 2.24) is 15.5 Å². The maximum Gasteiger partial charge on any atom is 0.338 e. The summed E-state index contributed by atoms with van der Waals surface area (Å²) < 4.78 is 16.5. The van der Waals surface area contributed by atoms with Crippen LogP contribution in [0.5, 0.6) is 11.5 Å². The zero-order chi connectivity index (χ0) is 26.5. The van der Waals surface area contributed by atoms with Crippen molar-refractivity contribution >= 4 is 17.7 Å². The average molecular weight is 509 g/mol. The SMILES string of the molecule is CCOC(=O)C1=C(CN2CCN(c3cccc(C)c3)[C@H](C)C2)NC(=O)N[C@@H]1c1cccc(OC)c1OC. The quantitative estimate of drug-likeness (QED) is 0.528. The zero-order valence-electron chi connectivity index (χ0n) is 22.2. The van der Waals surface area contributed by atoms with Gasteiger partial charge in [0.05, 0.1) is 32.4 Å². The number of aryl methyl sites for hydroxylation is 1. The molecule has 1 fully saturated rings. The molecule has 2 aliphatic heterocycles. The van der Waals surface area contributed by atoms with Gasteiger partial charge in [-0.15, -0.1) is 0 Å². The number of nitrogens with one attached hydrogen (secondary N) is 2. The minimum Gasteiger partial charge on any atom is -0.493 e. The molecule has 4 rings (SSSR count). The molecule has 9 heteroatoms. The van der Waals surface area contributed by atoms with Gasteiger partial charge in [0, 0.05) is 49.2 Å². The Morgan fingerprint density at radius 3 is 2.57 bits per heavy atom. The maximum absolute atomic E-state index is 13.3. The van der Waals surface area contributed by atoms with Crippen LogP contribution in [0.2, 0.25) is 0 Å².